The number of hydrogen-bond donors (Lipinski definition) is 2. The highest BCUT2D eigenvalue weighted by Gasteiger charge is 2.22. The summed E-state index contributed by atoms with van der Waals surface area (Å²) in [5, 5.41) is 2.85. The molecule has 1 aromatic heterocycles. The van der Waals surface area contributed by atoms with Crippen molar-refractivity contribution in [1.82, 2.24) is 10.3 Å². The van der Waals surface area contributed by atoms with Crippen molar-refractivity contribution < 1.29 is 9.53 Å². The average Bonchev–Trinajstić information content (AvgIpc) is 2.44. The van der Waals surface area contributed by atoms with Gasteiger partial charge < -0.3 is 20.7 Å². The lowest BCUT2D eigenvalue weighted by Gasteiger charge is -2.36. The Labute approximate surface area is 132 Å². The van der Waals surface area contributed by atoms with E-state index in [0.717, 1.165) is 24.5 Å². The van der Waals surface area contributed by atoms with Crippen molar-refractivity contribution in [1.29, 1.82) is 0 Å². The molecule has 0 spiro atoms. The fraction of sp³-hybridized carbons (Fsp3) is 0.625. The van der Waals surface area contributed by atoms with Crippen molar-refractivity contribution >= 4 is 11.7 Å². The smallest absolute Gasteiger partial charge is 0.221 e. The molecule has 1 aromatic rings. The van der Waals surface area contributed by atoms with Crippen LogP contribution in [0.25, 0.3) is 0 Å². The molecule has 22 heavy (non-hydrogen) atoms. The van der Waals surface area contributed by atoms with E-state index in [1.165, 1.54) is 0 Å². The number of nitrogens with zero attached hydrogens (tertiary/aromatic N) is 2. The van der Waals surface area contributed by atoms with Gasteiger partial charge in [-0.15, -0.1) is 0 Å². The first-order valence-corrected chi connectivity index (χ1v) is 7.81. The molecule has 3 N–H and O–H groups in total. The number of amides is 1. The molecular formula is C16H26N4O2. The number of hydrogen-bond acceptors (Lipinski definition) is 5. The molecule has 1 fully saturated rings. The van der Waals surface area contributed by atoms with E-state index in [2.05, 4.69) is 29.0 Å². The molecule has 6 heteroatoms. The highest BCUT2D eigenvalue weighted by atomic mass is 16.5. The van der Waals surface area contributed by atoms with Crippen molar-refractivity contribution in [3.05, 3.63) is 23.9 Å². The summed E-state index contributed by atoms with van der Waals surface area (Å²) in [6.07, 6.45) is 2.58. The first-order chi connectivity index (χ1) is 10.4. The number of carbonyl (C=O) groups excluding carboxylic acids is 1. The molecule has 0 saturated carbocycles. The van der Waals surface area contributed by atoms with Gasteiger partial charge in [-0.05, 0) is 32.4 Å². The van der Waals surface area contributed by atoms with E-state index in [1.807, 2.05) is 25.3 Å². The molecule has 2 rings (SSSR count). The van der Waals surface area contributed by atoms with Gasteiger partial charge in [-0.3, -0.25) is 4.79 Å². The minimum atomic E-state index is -0.120. The van der Waals surface area contributed by atoms with E-state index < -0.39 is 0 Å². The van der Waals surface area contributed by atoms with E-state index in [-0.39, 0.29) is 24.2 Å². The van der Waals surface area contributed by atoms with Crippen LogP contribution < -0.4 is 16.0 Å². The minimum absolute atomic E-state index is 0.0325. The number of nitrogens with two attached hydrogens (primary N) is 1. The van der Waals surface area contributed by atoms with Crippen LogP contribution in [-0.2, 0) is 16.1 Å². The minimum Gasteiger partial charge on any atom is -0.372 e. The van der Waals surface area contributed by atoms with Crippen LogP contribution in [0, 0.1) is 0 Å². The molecule has 1 aliphatic heterocycles. The van der Waals surface area contributed by atoms with Crippen molar-refractivity contribution in [3.63, 3.8) is 0 Å². The Morgan fingerprint density at radius 3 is 2.68 bits per heavy atom. The Balaban J connectivity index is 1.89. The zero-order chi connectivity index (χ0) is 16.1. The summed E-state index contributed by atoms with van der Waals surface area (Å²) in [6, 6.07) is 3.88. The van der Waals surface area contributed by atoms with Crippen LogP contribution in [0.15, 0.2) is 18.3 Å². The van der Waals surface area contributed by atoms with E-state index >= 15 is 0 Å². The second kappa shape index (κ2) is 7.56. The van der Waals surface area contributed by atoms with Gasteiger partial charge in [0.1, 0.15) is 5.82 Å². The van der Waals surface area contributed by atoms with Gasteiger partial charge in [0.05, 0.1) is 12.2 Å². The summed E-state index contributed by atoms with van der Waals surface area (Å²) in [6.45, 7) is 8.15. The highest BCUT2D eigenvalue weighted by Crippen LogP contribution is 2.18. The molecule has 0 bridgehead atoms. The molecular weight excluding hydrogens is 280 g/mol. The van der Waals surface area contributed by atoms with Gasteiger partial charge in [-0.25, -0.2) is 4.98 Å². The quantitative estimate of drug-likeness (QED) is 0.850. The Hall–Kier alpha value is -1.66. The molecule has 1 saturated heterocycles. The van der Waals surface area contributed by atoms with Crippen LogP contribution in [0.2, 0.25) is 0 Å². The average molecular weight is 306 g/mol. The fourth-order valence-corrected chi connectivity index (χ4v) is 2.64. The van der Waals surface area contributed by atoms with Gasteiger partial charge >= 0.3 is 0 Å². The Morgan fingerprint density at radius 1 is 1.45 bits per heavy atom. The fourth-order valence-electron chi connectivity index (χ4n) is 2.64. The van der Waals surface area contributed by atoms with E-state index in [4.69, 9.17) is 10.5 Å². The molecule has 0 aliphatic carbocycles. The van der Waals surface area contributed by atoms with Crippen molar-refractivity contribution in [3.8, 4) is 0 Å². The summed E-state index contributed by atoms with van der Waals surface area (Å²) in [5.41, 5.74) is 6.58. The first kappa shape index (κ1) is 16.7. The third-order valence-corrected chi connectivity index (χ3v) is 3.55. The molecule has 1 aliphatic rings. The molecule has 0 aromatic carbocycles. The van der Waals surface area contributed by atoms with Gasteiger partial charge in [0.15, 0.2) is 0 Å². The van der Waals surface area contributed by atoms with Gasteiger partial charge in [-0.1, -0.05) is 6.07 Å². The molecule has 0 radical (unpaired) electrons. The van der Waals surface area contributed by atoms with Crippen LogP contribution in [0.5, 0.6) is 0 Å². The summed E-state index contributed by atoms with van der Waals surface area (Å²) >= 11 is 0. The van der Waals surface area contributed by atoms with Gasteiger partial charge in [0.2, 0.25) is 5.91 Å². The zero-order valence-electron chi connectivity index (χ0n) is 13.6. The lowest BCUT2D eigenvalue weighted by atomic mass is 10.2. The predicted molar refractivity (Wildman–Crippen MR) is 86.6 cm³/mol. The zero-order valence-corrected chi connectivity index (χ0v) is 13.6. The number of ether oxygens (including phenoxy) is 1. The summed E-state index contributed by atoms with van der Waals surface area (Å²) < 4.78 is 5.73. The maximum Gasteiger partial charge on any atom is 0.221 e. The maximum absolute atomic E-state index is 11.6. The largest absolute Gasteiger partial charge is 0.372 e. The van der Waals surface area contributed by atoms with Gasteiger partial charge in [0, 0.05) is 38.3 Å². The topological polar surface area (TPSA) is 80.5 Å². The number of anilines is 1. The lowest BCUT2D eigenvalue weighted by Crippen LogP contribution is -2.45. The van der Waals surface area contributed by atoms with E-state index in [1.54, 1.807) is 0 Å². The van der Waals surface area contributed by atoms with E-state index in [9.17, 15) is 4.79 Å². The second-order valence-electron chi connectivity index (χ2n) is 6.15. The predicted octanol–water partition coefficient (Wildman–Crippen LogP) is 1.05. The summed E-state index contributed by atoms with van der Waals surface area (Å²) in [4.78, 5) is 18.3. The molecule has 3 atom stereocenters. The van der Waals surface area contributed by atoms with Crippen LogP contribution in [0.3, 0.4) is 0 Å². The van der Waals surface area contributed by atoms with Crippen LogP contribution >= 0.6 is 0 Å². The molecule has 6 nitrogen and oxygen atoms in total. The monoisotopic (exact) mass is 306 g/mol. The number of carbonyl (C=O) groups is 1. The Morgan fingerprint density at radius 2 is 2.14 bits per heavy atom. The summed E-state index contributed by atoms with van der Waals surface area (Å²) in [5.74, 6) is 0.919. The van der Waals surface area contributed by atoms with Crippen LogP contribution in [0.1, 0.15) is 32.8 Å². The maximum atomic E-state index is 11.6. The third kappa shape index (κ3) is 4.96. The third-order valence-electron chi connectivity index (χ3n) is 3.55. The number of pyridine rings is 1. The first-order valence-electron chi connectivity index (χ1n) is 7.81. The molecule has 1 amide bonds. The van der Waals surface area contributed by atoms with Crippen molar-refractivity contribution in [2.75, 3.05) is 18.0 Å². The van der Waals surface area contributed by atoms with E-state index in [0.29, 0.717) is 13.0 Å². The number of morpholine rings is 1. The van der Waals surface area contributed by atoms with Crippen molar-refractivity contribution in [2.24, 2.45) is 5.73 Å². The normalized spacial score (nSPS) is 23.2. The Bertz CT molecular complexity index is 479. The lowest BCUT2D eigenvalue weighted by molar-refractivity contribution is -0.121. The molecule has 2 heterocycles. The number of nitrogens with one attached hydrogen (secondary N) is 1. The molecule has 122 valence electrons. The van der Waals surface area contributed by atoms with Crippen molar-refractivity contribution in [2.45, 2.75) is 52.0 Å². The molecule has 3 unspecified atom stereocenters. The van der Waals surface area contributed by atoms with Crippen LogP contribution in [-0.4, -0.2) is 42.2 Å². The summed E-state index contributed by atoms with van der Waals surface area (Å²) in [7, 11) is 0. The number of rotatable bonds is 5. The SMILES string of the molecule is CC(N)CC(=O)NCc1ccc(N2CC(C)OC(C)C2)nc1. The Kier molecular flexibility index (Phi) is 5.74. The second-order valence-corrected chi connectivity index (χ2v) is 6.15. The van der Waals surface area contributed by atoms with Gasteiger partial charge in [0.25, 0.3) is 0 Å². The number of aromatic nitrogens is 1. The van der Waals surface area contributed by atoms with Crippen LogP contribution in [0.4, 0.5) is 5.82 Å². The standard InChI is InChI=1S/C16H26N4O2/c1-11(17)6-16(21)19-8-14-4-5-15(18-7-14)20-9-12(2)22-13(3)10-20/h4-5,7,11-13H,6,8-10,17H2,1-3H3,(H,19,21). The van der Waals surface area contributed by atoms with Gasteiger partial charge in [-0.2, -0.15) is 0 Å². The highest BCUT2D eigenvalue weighted by molar-refractivity contribution is 5.76.